The van der Waals surface area contributed by atoms with E-state index in [1.54, 1.807) is 6.26 Å². The summed E-state index contributed by atoms with van der Waals surface area (Å²) in [6, 6.07) is 6.37. The molecule has 0 saturated carbocycles. The van der Waals surface area contributed by atoms with Crippen molar-refractivity contribution in [2.75, 3.05) is 5.32 Å². The van der Waals surface area contributed by atoms with E-state index >= 15 is 0 Å². The van der Waals surface area contributed by atoms with E-state index < -0.39 is 0 Å². The fourth-order valence-corrected chi connectivity index (χ4v) is 1.77. The van der Waals surface area contributed by atoms with Gasteiger partial charge in [-0.2, -0.15) is 0 Å². The summed E-state index contributed by atoms with van der Waals surface area (Å²) in [6.07, 6.45) is 7.41. The number of aryl methyl sites for hydroxylation is 2. The van der Waals surface area contributed by atoms with Crippen LogP contribution < -0.4 is 5.32 Å². The first-order valence-electron chi connectivity index (χ1n) is 5.95. The van der Waals surface area contributed by atoms with Crippen LogP contribution in [0.25, 0.3) is 0 Å². The Bertz CT molecular complexity index is 451. The standard InChI is InChI=1S/C14H18N2O/c1-11-7-8-15-10-14(11)16-12(2)5-6-13-4-3-9-17-13/h3-4,7-10,12,16H,5-6H2,1-2H3. The Morgan fingerprint density at radius 1 is 1.41 bits per heavy atom. The molecule has 2 aromatic rings. The zero-order valence-corrected chi connectivity index (χ0v) is 10.3. The zero-order valence-electron chi connectivity index (χ0n) is 10.3. The molecule has 90 valence electrons. The Morgan fingerprint density at radius 3 is 3.00 bits per heavy atom. The Hall–Kier alpha value is -1.77. The van der Waals surface area contributed by atoms with Crippen LogP contribution >= 0.6 is 0 Å². The van der Waals surface area contributed by atoms with Gasteiger partial charge in [0.2, 0.25) is 0 Å². The molecule has 2 heterocycles. The average Bonchev–Trinajstić information content (AvgIpc) is 2.82. The molecule has 17 heavy (non-hydrogen) atoms. The minimum Gasteiger partial charge on any atom is -0.469 e. The number of aromatic nitrogens is 1. The molecule has 3 nitrogen and oxygen atoms in total. The van der Waals surface area contributed by atoms with Gasteiger partial charge < -0.3 is 9.73 Å². The molecule has 2 aromatic heterocycles. The molecule has 1 atom stereocenters. The average molecular weight is 230 g/mol. The second kappa shape index (κ2) is 5.53. The first-order valence-corrected chi connectivity index (χ1v) is 5.95. The predicted octanol–water partition coefficient (Wildman–Crippen LogP) is 3.42. The molecular weight excluding hydrogens is 212 g/mol. The highest BCUT2D eigenvalue weighted by molar-refractivity contribution is 5.48. The summed E-state index contributed by atoms with van der Waals surface area (Å²) < 4.78 is 5.32. The van der Waals surface area contributed by atoms with Crippen molar-refractivity contribution in [3.63, 3.8) is 0 Å². The molecule has 0 aromatic carbocycles. The summed E-state index contributed by atoms with van der Waals surface area (Å²) >= 11 is 0. The minimum absolute atomic E-state index is 0.406. The van der Waals surface area contributed by atoms with Crippen molar-refractivity contribution in [1.29, 1.82) is 0 Å². The van der Waals surface area contributed by atoms with Crippen molar-refractivity contribution in [2.45, 2.75) is 32.7 Å². The van der Waals surface area contributed by atoms with Gasteiger partial charge in [0, 0.05) is 18.7 Å². The lowest BCUT2D eigenvalue weighted by atomic mass is 10.1. The summed E-state index contributed by atoms with van der Waals surface area (Å²) in [7, 11) is 0. The molecule has 1 N–H and O–H groups in total. The Morgan fingerprint density at radius 2 is 2.29 bits per heavy atom. The van der Waals surface area contributed by atoms with E-state index in [2.05, 4.69) is 24.1 Å². The number of nitrogens with zero attached hydrogens (tertiary/aromatic N) is 1. The smallest absolute Gasteiger partial charge is 0.103 e. The fourth-order valence-electron chi connectivity index (χ4n) is 1.77. The third-order valence-corrected chi connectivity index (χ3v) is 2.84. The van der Waals surface area contributed by atoms with Gasteiger partial charge in [0.25, 0.3) is 0 Å². The predicted molar refractivity (Wildman–Crippen MR) is 69.1 cm³/mol. The number of pyridine rings is 1. The Balaban J connectivity index is 1.85. The summed E-state index contributed by atoms with van der Waals surface area (Å²) in [5.41, 5.74) is 2.34. The van der Waals surface area contributed by atoms with Crippen LogP contribution in [0.2, 0.25) is 0 Å². The summed E-state index contributed by atoms with van der Waals surface area (Å²) in [5, 5.41) is 3.47. The van der Waals surface area contributed by atoms with E-state index in [0.29, 0.717) is 6.04 Å². The van der Waals surface area contributed by atoms with Crippen LogP contribution in [0.15, 0.2) is 41.3 Å². The summed E-state index contributed by atoms with van der Waals surface area (Å²) in [6.45, 7) is 4.26. The highest BCUT2D eigenvalue weighted by Crippen LogP contribution is 2.15. The van der Waals surface area contributed by atoms with Crippen molar-refractivity contribution < 1.29 is 4.42 Å². The van der Waals surface area contributed by atoms with Crippen molar-refractivity contribution in [1.82, 2.24) is 4.98 Å². The van der Waals surface area contributed by atoms with Gasteiger partial charge in [-0.15, -0.1) is 0 Å². The van der Waals surface area contributed by atoms with E-state index in [-0.39, 0.29) is 0 Å². The van der Waals surface area contributed by atoms with Gasteiger partial charge in [0.05, 0.1) is 18.1 Å². The molecule has 0 aliphatic carbocycles. The molecule has 0 spiro atoms. The first-order chi connectivity index (χ1) is 8.25. The summed E-state index contributed by atoms with van der Waals surface area (Å²) in [5.74, 6) is 1.04. The van der Waals surface area contributed by atoms with Crippen molar-refractivity contribution in [2.24, 2.45) is 0 Å². The molecule has 0 radical (unpaired) electrons. The van der Waals surface area contributed by atoms with Crippen LogP contribution in [0.5, 0.6) is 0 Å². The van der Waals surface area contributed by atoms with Crippen LogP contribution in [0.4, 0.5) is 5.69 Å². The molecular formula is C14H18N2O. The maximum atomic E-state index is 5.32. The van der Waals surface area contributed by atoms with E-state index in [1.807, 2.05) is 30.6 Å². The molecule has 0 saturated heterocycles. The van der Waals surface area contributed by atoms with Gasteiger partial charge >= 0.3 is 0 Å². The lowest BCUT2D eigenvalue weighted by Gasteiger charge is -2.15. The zero-order chi connectivity index (χ0) is 12.1. The second-order valence-electron chi connectivity index (χ2n) is 4.35. The van der Waals surface area contributed by atoms with Crippen LogP contribution in [0.1, 0.15) is 24.7 Å². The summed E-state index contributed by atoms with van der Waals surface area (Å²) in [4.78, 5) is 4.13. The van der Waals surface area contributed by atoms with Crippen LogP contribution in [-0.4, -0.2) is 11.0 Å². The van der Waals surface area contributed by atoms with Crippen LogP contribution in [0, 0.1) is 6.92 Å². The SMILES string of the molecule is Cc1ccncc1NC(C)CCc1ccco1. The molecule has 0 aliphatic heterocycles. The molecule has 2 rings (SSSR count). The topological polar surface area (TPSA) is 38.1 Å². The van der Waals surface area contributed by atoms with E-state index in [4.69, 9.17) is 4.42 Å². The molecule has 0 aliphatic rings. The van der Waals surface area contributed by atoms with E-state index in [9.17, 15) is 0 Å². The second-order valence-corrected chi connectivity index (χ2v) is 4.35. The number of anilines is 1. The highest BCUT2D eigenvalue weighted by Gasteiger charge is 2.05. The monoisotopic (exact) mass is 230 g/mol. The lowest BCUT2D eigenvalue weighted by Crippen LogP contribution is -2.16. The Kier molecular flexibility index (Phi) is 3.81. The number of nitrogens with one attached hydrogen (secondary N) is 1. The van der Waals surface area contributed by atoms with Crippen LogP contribution in [0.3, 0.4) is 0 Å². The maximum absolute atomic E-state index is 5.32. The number of furan rings is 1. The third-order valence-electron chi connectivity index (χ3n) is 2.84. The molecule has 3 heteroatoms. The Labute approximate surface area is 102 Å². The van der Waals surface area contributed by atoms with Crippen molar-refractivity contribution in [3.05, 3.63) is 48.2 Å². The largest absolute Gasteiger partial charge is 0.469 e. The first kappa shape index (κ1) is 11.7. The van der Waals surface area contributed by atoms with Gasteiger partial charge in [-0.1, -0.05) is 0 Å². The molecule has 0 amide bonds. The van der Waals surface area contributed by atoms with Crippen molar-refractivity contribution in [3.8, 4) is 0 Å². The molecule has 1 unspecified atom stereocenters. The maximum Gasteiger partial charge on any atom is 0.103 e. The van der Waals surface area contributed by atoms with E-state index in [0.717, 1.165) is 24.3 Å². The molecule has 0 fully saturated rings. The van der Waals surface area contributed by atoms with E-state index in [1.165, 1.54) is 5.56 Å². The molecule has 0 bridgehead atoms. The van der Waals surface area contributed by atoms with Crippen LogP contribution in [-0.2, 0) is 6.42 Å². The normalized spacial score (nSPS) is 12.4. The highest BCUT2D eigenvalue weighted by atomic mass is 16.3. The fraction of sp³-hybridized carbons (Fsp3) is 0.357. The minimum atomic E-state index is 0.406. The van der Waals surface area contributed by atoms with Gasteiger partial charge in [0.1, 0.15) is 5.76 Å². The number of rotatable bonds is 5. The van der Waals surface area contributed by atoms with Gasteiger partial charge in [-0.3, -0.25) is 4.98 Å². The van der Waals surface area contributed by atoms with Crippen molar-refractivity contribution >= 4 is 5.69 Å². The number of hydrogen-bond donors (Lipinski definition) is 1. The van der Waals surface area contributed by atoms with Gasteiger partial charge in [-0.25, -0.2) is 0 Å². The lowest BCUT2D eigenvalue weighted by molar-refractivity contribution is 0.495. The quantitative estimate of drug-likeness (QED) is 0.855. The number of hydrogen-bond acceptors (Lipinski definition) is 3. The third kappa shape index (κ3) is 3.34. The van der Waals surface area contributed by atoms with Gasteiger partial charge in [0.15, 0.2) is 0 Å². The van der Waals surface area contributed by atoms with Gasteiger partial charge in [-0.05, 0) is 44.0 Å².